The Morgan fingerprint density at radius 2 is 1.78 bits per heavy atom. The number of carbonyl (C=O) groups is 1. The average molecular weight is 553 g/mol. The van der Waals surface area contributed by atoms with Gasteiger partial charge in [-0.2, -0.15) is 0 Å². The largest absolute Gasteiger partial charge is 0.461 e. The van der Waals surface area contributed by atoms with Crippen LogP contribution in [-0.2, 0) is 22.5 Å². The molecule has 41 heavy (non-hydrogen) atoms. The molecule has 0 saturated carbocycles. The Balaban J connectivity index is 1.17. The molecule has 0 spiro atoms. The topological polar surface area (TPSA) is 118 Å². The van der Waals surface area contributed by atoms with Crippen LogP contribution in [0.5, 0.6) is 0 Å². The normalized spacial score (nSPS) is 16.2. The van der Waals surface area contributed by atoms with E-state index in [9.17, 15) is 4.79 Å². The fourth-order valence-electron chi connectivity index (χ4n) is 4.58. The van der Waals surface area contributed by atoms with Gasteiger partial charge < -0.3 is 15.4 Å². The molecule has 1 aromatic carbocycles. The molecular formula is C31H36N8O2. The van der Waals surface area contributed by atoms with Gasteiger partial charge in [-0.3, -0.25) is 9.69 Å². The first-order valence-corrected chi connectivity index (χ1v) is 14.0. The van der Waals surface area contributed by atoms with E-state index in [1.807, 2.05) is 45.0 Å². The molecule has 1 unspecified atom stereocenters. The van der Waals surface area contributed by atoms with Crippen molar-refractivity contribution in [1.29, 1.82) is 0 Å². The molecule has 10 nitrogen and oxygen atoms in total. The van der Waals surface area contributed by atoms with Crippen LogP contribution >= 0.6 is 0 Å². The van der Waals surface area contributed by atoms with Gasteiger partial charge in [-0.25, -0.2) is 24.9 Å². The highest BCUT2D eigenvalue weighted by molar-refractivity contribution is 5.76. The Kier molecular flexibility index (Phi) is 9.22. The van der Waals surface area contributed by atoms with E-state index in [4.69, 9.17) is 4.74 Å². The molecule has 2 atom stereocenters. The number of piperazine rings is 1. The van der Waals surface area contributed by atoms with Gasteiger partial charge >= 0.3 is 5.97 Å². The van der Waals surface area contributed by atoms with E-state index in [1.54, 1.807) is 18.5 Å². The number of nitrogens with one attached hydrogen (secondary N) is 2. The molecule has 0 aliphatic carbocycles. The van der Waals surface area contributed by atoms with Crippen molar-refractivity contribution < 1.29 is 9.53 Å². The van der Waals surface area contributed by atoms with Gasteiger partial charge in [-0.1, -0.05) is 37.3 Å². The number of rotatable bonds is 10. The zero-order chi connectivity index (χ0) is 28.6. The predicted octanol–water partition coefficient (Wildman–Crippen LogP) is 4.09. The Bertz CT molecular complexity index is 1460. The van der Waals surface area contributed by atoms with Crippen LogP contribution in [0.25, 0.3) is 11.5 Å². The predicted molar refractivity (Wildman–Crippen MR) is 157 cm³/mol. The summed E-state index contributed by atoms with van der Waals surface area (Å²) in [7, 11) is 0. The molecule has 0 radical (unpaired) electrons. The summed E-state index contributed by atoms with van der Waals surface area (Å²) in [6, 6.07) is 17.6. The summed E-state index contributed by atoms with van der Waals surface area (Å²) in [5.74, 6) is 2.39. The minimum atomic E-state index is -0.289. The van der Waals surface area contributed by atoms with E-state index in [1.165, 1.54) is 5.56 Å². The lowest BCUT2D eigenvalue weighted by Crippen LogP contribution is -2.54. The number of benzene rings is 1. The summed E-state index contributed by atoms with van der Waals surface area (Å²) >= 11 is 0. The maximum atomic E-state index is 12.5. The molecule has 4 aromatic rings. The van der Waals surface area contributed by atoms with Crippen LogP contribution in [0, 0.1) is 6.92 Å². The van der Waals surface area contributed by atoms with Gasteiger partial charge in [0.2, 0.25) is 0 Å². The van der Waals surface area contributed by atoms with Crippen molar-refractivity contribution in [2.45, 2.75) is 52.3 Å². The highest BCUT2D eigenvalue weighted by Gasteiger charge is 2.27. The van der Waals surface area contributed by atoms with E-state index in [0.29, 0.717) is 36.3 Å². The second kappa shape index (κ2) is 13.4. The third-order valence-corrected chi connectivity index (χ3v) is 6.96. The molecular weight excluding hydrogens is 516 g/mol. The molecule has 3 aromatic heterocycles. The van der Waals surface area contributed by atoms with Crippen molar-refractivity contribution in [2.24, 2.45) is 0 Å². The summed E-state index contributed by atoms with van der Waals surface area (Å²) in [6.07, 6.45) is 4.81. The van der Waals surface area contributed by atoms with Crippen molar-refractivity contribution in [3.05, 3.63) is 89.6 Å². The summed E-state index contributed by atoms with van der Waals surface area (Å²) in [5.41, 5.74) is 3.95. The highest BCUT2D eigenvalue weighted by Crippen LogP contribution is 2.18. The second-order valence-electron chi connectivity index (χ2n) is 10.3. The molecule has 1 fully saturated rings. The van der Waals surface area contributed by atoms with Crippen molar-refractivity contribution in [2.75, 3.05) is 25.0 Å². The van der Waals surface area contributed by atoms with E-state index in [-0.39, 0.29) is 18.1 Å². The zero-order valence-electron chi connectivity index (χ0n) is 23.7. The van der Waals surface area contributed by atoms with E-state index >= 15 is 0 Å². The number of aromatic nitrogens is 5. The molecule has 4 heterocycles. The van der Waals surface area contributed by atoms with E-state index in [0.717, 1.165) is 43.0 Å². The van der Waals surface area contributed by atoms with Gasteiger partial charge in [0.1, 0.15) is 29.2 Å². The van der Waals surface area contributed by atoms with Crippen LogP contribution in [0.15, 0.2) is 67.0 Å². The van der Waals surface area contributed by atoms with Crippen LogP contribution < -0.4 is 10.6 Å². The van der Waals surface area contributed by atoms with Gasteiger partial charge in [0, 0.05) is 50.7 Å². The van der Waals surface area contributed by atoms with Crippen LogP contribution in [0.4, 0.5) is 11.6 Å². The second-order valence-corrected chi connectivity index (χ2v) is 10.3. The van der Waals surface area contributed by atoms with Crippen molar-refractivity contribution in [3.63, 3.8) is 0 Å². The molecule has 1 saturated heterocycles. The van der Waals surface area contributed by atoms with E-state index < -0.39 is 0 Å². The Hall–Kier alpha value is -4.28. The number of aryl methyl sites for hydroxylation is 1. The van der Waals surface area contributed by atoms with Crippen LogP contribution in [0.3, 0.4) is 0 Å². The summed E-state index contributed by atoms with van der Waals surface area (Å²) in [6.45, 7) is 8.96. The Labute approximate surface area is 240 Å². The molecule has 0 amide bonds. The Morgan fingerprint density at radius 3 is 2.56 bits per heavy atom. The summed E-state index contributed by atoms with van der Waals surface area (Å²) < 4.78 is 5.53. The maximum absolute atomic E-state index is 12.5. The van der Waals surface area contributed by atoms with Gasteiger partial charge in [0.25, 0.3) is 0 Å². The van der Waals surface area contributed by atoms with Crippen molar-refractivity contribution >= 4 is 17.6 Å². The number of ether oxygens (including phenoxy) is 1. The number of hydrogen-bond acceptors (Lipinski definition) is 10. The van der Waals surface area contributed by atoms with Crippen LogP contribution in [0.1, 0.15) is 42.9 Å². The minimum Gasteiger partial charge on any atom is -0.461 e. The third-order valence-electron chi connectivity index (χ3n) is 6.96. The fraction of sp³-hybridized carbons (Fsp3) is 0.355. The molecule has 5 rings (SSSR count). The molecule has 1 aliphatic heterocycles. The van der Waals surface area contributed by atoms with Gasteiger partial charge in [-0.15, -0.1) is 0 Å². The lowest BCUT2D eigenvalue weighted by molar-refractivity contribution is -0.152. The quantitative estimate of drug-likeness (QED) is 0.279. The minimum absolute atomic E-state index is 0.0607. The molecule has 0 bridgehead atoms. The van der Waals surface area contributed by atoms with Crippen molar-refractivity contribution in [1.82, 2.24) is 35.1 Å². The monoisotopic (exact) mass is 552 g/mol. The maximum Gasteiger partial charge on any atom is 0.324 e. The Morgan fingerprint density at radius 1 is 1.02 bits per heavy atom. The number of esters is 1. The third kappa shape index (κ3) is 7.90. The standard InChI is InChI=1S/C31H36N8O2/c1-4-22(3)41-31(40)26-20-39(17-16-32-26)19-24-10-8-23(9-11-24)18-29-33-14-12-27(37-29)36-28-13-15-34-30(38-28)25-7-5-6-21(2)35-25/h5-15,22,26,32H,4,16-20H2,1-3H3,(H,33,34,36,37,38)/t22-,26?/m0/s1. The number of pyridine rings is 1. The lowest BCUT2D eigenvalue weighted by Gasteiger charge is -2.33. The van der Waals surface area contributed by atoms with Crippen LogP contribution in [0.2, 0.25) is 0 Å². The van der Waals surface area contributed by atoms with Crippen molar-refractivity contribution in [3.8, 4) is 11.5 Å². The number of anilines is 2. The van der Waals surface area contributed by atoms with Gasteiger partial charge in [-0.05, 0) is 55.7 Å². The number of nitrogens with zero attached hydrogens (tertiary/aromatic N) is 6. The zero-order valence-corrected chi connectivity index (χ0v) is 23.7. The summed E-state index contributed by atoms with van der Waals surface area (Å²) in [4.78, 5) is 37.4. The first-order valence-electron chi connectivity index (χ1n) is 14.0. The highest BCUT2D eigenvalue weighted by atomic mass is 16.5. The smallest absolute Gasteiger partial charge is 0.324 e. The molecule has 2 N–H and O–H groups in total. The molecule has 1 aliphatic rings. The van der Waals surface area contributed by atoms with Crippen LogP contribution in [-0.4, -0.2) is 67.6 Å². The van der Waals surface area contributed by atoms with Gasteiger partial charge in [0.05, 0.1) is 6.10 Å². The molecule has 212 valence electrons. The first kappa shape index (κ1) is 28.3. The SMILES string of the molecule is CC[C@H](C)OC(=O)C1CN(Cc2ccc(Cc3nccc(Nc4ccnc(-c5cccc(C)n5)n4)n3)cc2)CCN1. The average Bonchev–Trinajstić information content (AvgIpc) is 2.98. The van der Waals surface area contributed by atoms with Gasteiger partial charge in [0.15, 0.2) is 5.82 Å². The lowest BCUT2D eigenvalue weighted by atomic mass is 10.1. The fourth-order valence-corrected chi connectivity index (χ4v) is 4.58. The number of hydrogen-bond donors (Lipinski definition) is 2. The number of carbonyl (C=O) groups excluding carboxylic acids is 1. The summed E-state index contributed by atoms with van der Waals surface area (Å²) in [5, 5.41) is 6.55. The first-order chi connectivity index (χ1) is 19.9. The van der Waals surface area contributed by atoms with E-state index in [2.05, 4.69) is 64.7 Å². The molecule has 10 heteroatoms.